The van der Waals surface area contributed by atoms with Gasteiger partial charge in [0.25, 0.3) is 11.5 Å². The number of carbonyl (C=O) groups is 1. The van der Waals surface area contributed by atoms with Crippen molar-refractivity contribution >= 4 is 46.5 Å². The molecule has 5 aromatic rings. The first-order valence-corrected chi connectivity index (χ1v) is 13.1. The van der Waals surface area contributed by atoms with Crippen molar-refractivity contribution < 1.29 is 14.3 Å². The van der Waals surface area contributed by atoms with Crippen LogP contribution in [0.15, 0.2) is 75.6 Å². The molecule has 0 radical (unpaired) electrons. The van der Waals surface area contributed by atoms with Crippen molar-refractivity contribution in [2.24, 2.45) is 19.2 Å². The van der Waals surface area contributed by atoms with Gasteiger partial charge in [0.15, 0.2) is 22.7 Å². The number of aryl methyl sites for hydroxylation is 1. The fourth-order valence-corrected chi connectivity index (χ4v) is 4.62. The maximum atomic E-state index is 13.2. The molecule has 0 bridgehead atoms. The van der Waals surface area contributed by atoms with Gasteiger partial charge in [0.1, 0.15) is 0 Å². The molecule has 0 aliphatic rings. The molecule has 3 heterocycles. The number of ether oxygens (including phenoxy) is 2. The molecule has 14 heteroatoms. The van der Waals surface area contributed by atoms with E-state index in [-0.39, 0.29) is 35.4 Å². The van der Waals surface area contributed by atoms with Crippen LogP contribution in [0.5, 0.6) is 17.5 Å². The molecule has 3 aromatic heterocycles. The van der Waals surface area contributed by atoms with Crippen LogP contribution in [0.4, 0.5) is 0 Å². The average Bonchev–Trinajstić information content (AvgIpc) is 3.35. The van der Waals surface area contributed by atoms with Gasteiger partial charge in [-0.1, -0.05) is 29.3 Å². The highest BCUT2D eigenvalue weighted by Crippen LogP contribution is 2.33. The number of benzene rings is 2. The highest BCUT2D eigenvalue weighted by atomic mass is 35.5. The van der Waals surface area contributed by atoms with Gasteiger partial charge in [-0.05, 0) is 53.6 Å². The molecule has 0 saturated carbocycles. The summed E-state index contributed by atoms with van der Waals surface area (Å²) in [6.45, 7) is 0.0967. The van der Waals surface area contributed by atoms with Crippen LogP contribution in [0.3, 0.4) is 0 Å². The number of nitrogens with zero attached hydrogens (tertiary/aromatic N) is 6. The van der Waals surface area contributed by atoms with Gasteiger partial charge in [0.2, 0.25) is 0 Å². The second-order valence-electron chi connectivity index (χ2n) is 9.04. The minimum Gasteiger partial charge on any atom is -0.493 e. The van der Waals surface area contributed by atoms with Crippen LogP contribution in [0.2, 0.25) is 10.0 Å². The Balaban J connectivity index is 1.50. The number of amides is 1. The lowest BCUT2D eigenvalue weighted by atomic mass is 10.2. The molecule has 214 valence electrons. The third-order valence-corrected chi connectivity index (χ3v) is 6.95. The molecule has 0 aliphatic heterocycles. The lowest BCUT2D eigenvalue weighted by molar-refractivity contribution is 0.0955. The molecule has 0 fully saturated rings. The van der Waals surface area contributed by atoms with Crippen LogP contribution in [0.25, 0.3) is 11.2 Å². The minimum absolute atomic E-state index is 0.0265. The van der Waals surface area contributed by atoms with Crippen molar-refractivity contribution in [1.29, 1.82) is 0 Å². The Morgan fingerprint density at radius 2 is 1.79 bits per heavy atom. The lowest BCUT2D eigenvalue weighted by Gasteiger charge is -2.13. The highest BCUT2D eigenvalue weighted by Gasteiger charge is 2.22. The largest absolute Gasteiger partial charge is 0.493 e. The molecule has 5 rings (SSSR count). The van der Waals surface area contributed by atoms with Crippen molar-refractivity contribution in [3.05, 3.63) is 108 Å². The van der Waals surface area contributed by atoms with Gasteiger partial charge in [-0.15, -0.1) is 0 Å². The van der Waals surface area contributed by atoms with Crippen LogP contribution in [0, 0.1) is 0 Å². The van der Waals surface area contributed by atoms with Gasteiger partial charge in [0.05, 0.1) is 19.9 Å². The molecule has 0 unspecified atom stereocenters. The second kappa shape index (κ2) is 11.9. The normalized spacial score (nSPS) is 11.3. The number of fused-ring (bicyclic) bond motifs is 1. The van der Waals surface area contributed by atoms with Gasteiger partial charge >= 0.3 is 11.7 Å². The van der Waals surface area contributed by atoms with Gasteiger partial charge < -0.3 is 9.47 Å². The zero-order chi connectivity index (χ0) is 30.0. The van der Waals surface area contributed by atoms with E-state index in [1.807, 2.05) is 0 Å². The van der Waals surface area contributed by atoms with E-state index >= 15 is 0 Å². The Labute approximate surface area is 248 Å². The molecule has 0 atom stereocenters. The van der Waals surface area contributed by atoms with Gasteiger partial charge in [0, 0.05) is 42.1 Å². The van der Waals surface area contributed by atoms with Crippen molar-refractivity contribution in [3.8, 4) is 17.5 Å². The van der Waals surface area contributed by atoms with Crippen LogP contribution in [-0.2, 0) is 20.6 Å². The highest BCUT2D eigenvalue weighted by molar-refractivity contribution is 6.35. The standard InChI is InChI=1S/C28H23Cl2N7O5/c1-35-24-23(26(39)36(2)28(35)40)37(15-18-5-6-19(29)13-20(18)30)27(33-24)42-21-7-4-16(12-22(21)41-3)14-32-34-25(38)17-8-10-31-11-9-17/h4-14H,15H2,1-3H3,(H,34,38)/b32-14-. The Hall–Kier alpha value is -4.94. The van der Waals surface area contributed by atoms with Crippen molar-refractivity contribution in [2.45, 2.75) is 6.54 Å². The Morgan fingerprint density at radius 1 is 1.02 bits per heavy atom. The third-order valence-electron chi connectivity index (χ3n) is 6.37. The number of aromatic nitrogens is 5. The molecule has 0 aliphatic carbocycles. The number of hydrogen-bond donors (Lipinski definition) is 1. The quantitative estimate of drug-likeness (QED) is 0.210. The summed E-state index contributed by atoms with van der Waals surface area (Å²) in [4.78, 5) is 46.4. The maximum Gasteiger partial charge on any atom is 0.332 e. The summed E-state index contributed by atoms with van der Waals surface area (Å²) in [5.41, 5.74) is 3.31. The zero-order valence-electron chi connectivity index (χ0n) is 22.5. The van der Waals surface area contributed by atoms with Crippen LogP contribution < -0.4 is 26.1 Å². The molecule has 0 spiro atoms. The van der Waals surface area contributed by atoms with Crippen LogP contribution in [-0.4, -0.2) is 42.9 Å². The van der Waals surface area contributed by atoms with Gasteiger partial charge in [-0.2, -0.15) is 10.1 Å². The number of carbonyl (C=O) groups excluding carboxylic acids is 1. The Bertz CT molecular complexity index is 1970. The van der Waals surface area contributed by atoms with Gasteiger partial charge in [-0.3, -0.25) is 28.3 Å². The number of pyridine rings is 1. The molecule has 42 heavy (non-hydrogen) atoms. The molecule has 0 saturated heterocycles. The molecule has 2 aromatic carbocycles. The first kappa shape index (κ1) is 28.6. The Kier molecular flexibility index (Phi) is 8.09. The molecular formula is C28H23Cl2N7O5. The molecule has 1 N–H and O–H groups in total. The van der Waals surface area contributed by atoms with E-state index < -0.39 is 11.2 Å². The number of nitrogens with one attached hydrogen (secondary N) is 1. The van der Waals surface area contributed by atoms with Crippen LogP contribution in [0.1, 0.15) is 21.5 Å². The van der Waals surface area contributed by atoms with E-state index in [2.05, 4.69) is 20.5 Å². The monoisotopic (exact) mass is 607 g/mol. The fraction of sp³-hybridized carbons (Fsp3) is 0.143. The zero-order valence-corrected chi connectivity index (χ0v) is 24.1. The number of halogens is 2. The maximum absolute atomic E-state index is 13.2. The lowest BCUT2D eigenvalue weighted by Crippen LogP contribution is -2.37. The van der Waals surface area contributed by atoms with E-state index in [1.165, 1.54) is 48.9 Å². The predicted octanol–water partition coefficient (Wildman–Crippen LogP) is 3.75. The minimum atomic E-state index is -0.548. The predicted molar refractivity (Wildman–Crippen MR) is 158 cm³/mol. The van der Waals surface area contributed by atoms with Crippen molar-refractivity contribution in [2.75, 3.05) is 7.11 Å². The third kappa shape index (κ3) is 5.62. The SMILES string of the molecule is COc1cc(/C=N\NC(=O)c2ccncc2)ccc1Oc1nc2c(c(=O)n(C)c(=O)n2C)n1Cc1ccc(Cl)cc1Cl. The summed E-state index contributed by atoms with van der Waals surface area (Å²) >= 11 is 12.5. The summed E-state index contributed by atoms with van der Waals surface area (Å²) in [5.74, 6) is 0.209. The van der Waals surface area contributed by atoms with E-state index in [1.54, 1.807) is 48.5 Å². The number of hydrazone groups is 1. The smallest absolute Gasteiger partial charge is 0.332 e. The molecule has 1 amide bonds. The Morgan fingerprint density at radius 3 is 2.50 bits per heavy atom. The topological polar surface area (TPSA) is 135 Å². The molecule has 12 nitrogen and oxygen atoms in total. The van der Waals surface area contributed by atoms with Crippen LogP contribution >= 0.6 is 23.2 Å². The van der Waals surface area contributed by atoms with E-state index in [0.717, 1.165) is 4.57 Å². The summed E-state index contributed by atoms with van der Waals surface area (Å²) in [6.07, 6.45) is 4.47. The average molecular weight is 608 g/mol. The summed E-state index contributed by atoms with van der Waals surface area (Å²) in [6, 6.07) is 13.1. The first-order chi connectivity index (χ1) is 20.2. The number of hydrogen-bond acceptors (Lipinski definition) is 8. The van der Waals surface area contributed by atoms with E-state index in [4.69, 9.17) is 32.7 Å². The van der Waals surface area contributed by atoms with Gasteiger partial charge in [-0.25, -0.2) is 10.2 Å². The van der Waals surface area contributed by atoms with Crippen molar-refractivity contribution in [1.82, 2.24) is 29.1 Å². The molecular weight excluding hydrogens is 585 g/mol. The summed E-state index contributed by atoms with van der Waals surface area (Å²) in [5, 5.41) is 4.84. The summed E-state index contributed by atoms with van der Waals surface area (Å²) < 4.78 is 15.5. The van der Waals surface area contributed by atoms with E-state index in [0.29, 0.717) is 32.5 Å². The van der Waals surface area contributed by atoms with E-state index in [9.17, 15) is 14.4 Å². The summed E-state index contributed by atoms with van der Waals surface area (Å²) in [7, 11) is 4.37. The second-order valence-corrected chi connectivity index (χ2v) is 9.89. The number of methoxy groups -OCH3 is 1. The number of rotatable bonds is 8. The first-order valence-electron chi connectivity index (χ1n) is 12.4. The van der Waals surface area contributed by atoms with Crippen molar-refractivity contribution in [3.63, 3.8) is 0 Å². The fourth-order valence-electron chi connectivity index (χ4n) is 4.15. The number of imidazole rings is 1.